The number of aromatic amines is 1. The third-order valence-electron chi connectivity index (χ3n) is 5.46. The summed E-state index contributed by atoms with van der Waals surface area (Å²) in [6.45, 7) is 9.95. The van der Waals surface area contributed by atoms with Gasteiger partial charge in [-0.3, -0.25) is 14.4 Å². The number of H-pyrrole nitrogens is 1. The largest absolute Gasteiger partial charge is 0.454 e. The highest BCUT2D eigenvalue weighted by Crippen LogP contribution is 2.34. The first-order chi connectivity index (χ1) is 15.0. The number of carbonyl (C=O) groups is 4. The monoisotopic (exact) mass is 459 g/mol. The summed E-state index contributed by atoms with van der Waals surface area (Å²) in [6.07, 6.45) is 3.41. The number of esters is 1. The number of ketones is 1. The molecule has 0 radical (unpaired) electrons. The van der Waals surface area contributed by atoms with Crippen molar-refractivity contribution in [1.29, 1.82) is 0 Å². The Kier molecular flexibility index (Phi) is 6.88. The minimum Gasteiger partial charge on any atom is -0.454 e. The van der Waals surface area contributed by atoms with Crippen LogP contribution in [0, 0.1) is 19.3 Å². The predicted molar refractivity (Wildman–Crippen MR) is 122 cm³/mol. The molecule has 2 aromatic rings. The van der Waals surface area contributed by atoms with Crippen molar-refractivity contribution in [2.24, 2.45) is 5.41 Å². The number of hydrogen-bond donors (Lipinski definition) is 2. The Hall–Kier alpha value is -2.94. The summed E-state index contributed by atoms with van der Waals surface area (Å²) in [5.74, 6) is -1.44. The predicted octanol–water partition coefficient (Wildman–Crippen LogP) is 3.95. The van der Waals surface area contributed by atoms with Crippen LogP contribution in [0.25, 0.3) is 0 Å². The quantitative estimate of drug-likeness (QED) is 0.502. The van der Waals surface area contributed by atoms with E-state index in [4.69, 9.17) is 4.74 Å². The molecule has 0 atom stereocenters. The van der Waals surface area contributed by atoms with E-state index in [0.29, 0.717) is 29.3 Å². The second kappa shape index (κ2) is 9.28. The van der Waals surface area contributed by atoms with Crippen molar-refractivity contribution in [3.05, 3.63) is 39.5 Å². The number of anilines is 1. The van der Waals surface area contributed by atoms with Crippen LogP contribution < -0.4 is 5.32 Å². The molecule has 2 N–H and O–H groups in total. The van der Waals surface area contributed by atoms with Crippen LogP contribution in [-0.2, 0) is 9.53 Å². The molecular formula is C23H29N3O5S. The Morgan fingerprint density at radius 2 is 1.81 bits per heavy atom. The van der Waals surface area contributed by atoms with Crippen LogP contribution in [0.15, 0.2) is 12.3 Å². The summed E-state index contributed by atoms with van der Waals surface area (Å²) in [5, 5.41) is 3.22. The molecule has 8 nitrogen and oxygen atoms in total. The Morgan fingerprint density at radius 1 is 1.16 bits per heavy atom. The van der Waals surface area contributed by atoms with E-state index in [2.05, 4.69) is 10.3 Å². The highest BCUT2D eigenvalue weighted by atomic mass is 32.1. The first kappa shape index (κ1) is 23.7. The lowest BCUT2D eigenvalue weighted by atomic mass is 9.96. The van der Waals surface area contributed by atoms with Gasteiger partial charge in [-0.15, -0.1) is 11.3 Å². The Labute approximate surface area is 191 Å². The number of aromatic nitrogens is 1. The molecule has 0 spiro atoms. The Balaban J connectivity index is 1.66. The van der Waals surface area contributed by atoms with Gasteiger partial charge >= 0.3 is 5.97 Å². The topological polar surface area (TPSA) is 109 Å². The summed E-state index contributed by atoms with van der Waals surface area (Å²) in [4.78, 5) is 55.6. The van der Waals surface area contributed by atoms with Crippen LogP contribution in [0.2, 0.25) is 0 Å². The maximum Gasteiger partial charge on any atom is 0.341 e. The number of nitrogens with one attached hydrogen (secondary N) is 2. The normalized spacial score (nSPS) is 13.8. The molecule has 0 bridgehead atoms. The zero-order valence-corrected chi connectivity index (χ0v) is 19.9. The van der Waals surface area contributed by atoms with Crippen molar-refractivity contribution >= 4 is 39.9 Å². The molecule has 1 aliphatic heterocycles. The van der Waals surface area contributed by atoms with Gasteiger partial charge in [0.15, 0.2) is 6.61 Å². The van der Waals surface area contributed by atoms with Gasteiger partial charge < -0.3 is 19.9 Å². The number of likely N-dealkylation sites (tertiary alicyclic amines) is 1. The van der Waals surface area contributed by atoms with Crippen molar-refractivity contribution in [3.63, 3.8) is 0 Å². The molecule has 3 heterocycles. The SMILES string of the molecule is Cc1sc(NC(=O)C(C)(C)C)c(C(=O)OCC(=O)c2c[nH]c(C(=O)N3CCCC3)c2)c1C. The number of Topliss-reactive ketones (excluding diaryl/α,β-unsaturated/α-hetero) is 1. The van der Waals surface area contributed by atoms with E-state index in [1.807, 2.05) is 6.92 Å². The molecule has 0 saturated carbocycles. The molecule has 1 aliphatic rings. The summed E-state index contributed by atoms with van der Waals surface area (Å²) in [5.41, 5.74) is 0.966. The summed E-state index contributed by atoms with van der Waals surface area (Å²) < 4.78 is 5.27. The number of nitrogens with zero attached hydrogens (tertiary/aromatic N) is 1. The van der Waals surface area contributed by atoms with Crippen LogP contribution in [0.3, 0.4) is 0 Å². The van der Waals surface area contributed by atoms with Crippen molar-refractivity contribution < 1.29 is 23.9 Å². The van der Waals surface area contributed by atoms with Crippen molar-refractivity contribution in [2.75, 3.05) is 25.0 Å². The van der Waals surface area contributed by atoms with E-state index in [0.717, 1.165) is 17.7 Å². The molecule has 0 unspecified atom stereocenters. The molecular weight excluding hydrogens is 430 g/mol. The van der Waals surface area contributed by atoms with Crippen LogP contribution in [0.5, 0.6) is 0 Å². The Morgan fingerprint density at radius 3 is 2.44 bits per heavy atom. The van der Waals surface area contributed by atoms with E-state index in [1.165, 1.54) is 23.6 Å². The van der Waals surface area contributed by atoms with Gasteiger partial charge in [-0.05, 0) is 38.3 Å². The molecule has 2 aromatic heterocycles. The molecule has 1 saturated heterocycles. The average Bonchev–Trinajstić information content (AvgIpc) is 3.46. The molecule has 172 valence electrons. The van der Waals surface area contributed by atoms with Gasteiger partial charge in [0.25, 0.3) is 5.91 Å². The molecule has 1 fully saturated rings. The van der Waals surface area contributed by atoms with E-state index >= 15 is 0 Å². The highest BCUT2D eigenvalue weighted by Gasteiger charge is 2.28. The van der Waals surface area contributed by atoms with Crippen molar-refractivity contribution in [2.45, 2.75) is 47.5 Å². The number of amides is 2. The molecule has 9 heteroatoms. The molecule has 32 heavy (non-hydrogen) atoms. The summed E-state index contributed by atoms with van der Waals surface area (Å²) in [7, 11) is 0. The molecule has 3 rings (SSSR count). The van der Waals surface area contributed by atoms with E-state index in [1.54, 1.807) is 32.6 Å². The molecule has 2 amide bonds. The van der Waals surface area contributed by atoms with E-state index < -0.39 is 23.8 Å². The van der Waals surface area contributed by atoms with Gasteiger partial charge in [-0.25, -0.2) is 4.79 Å². The summed E-state index contributed by atoms with van der Waals surface area (Å²) >= 11 is 1.30. The number of aryl methyl sites for hydroxylation is 1. The van der Waals surface area contributed by atoms with Crippen molar-refractivity contribution in [1.82, 2.24) is 9.88 Å². The number of thiophene rings is 1. The maximum atomic E-state index is 12.8. The minimum atomic E-state index is -0.673. The fourth-order valence-corrected chi connectivity index (χ4v) is 4.35. The second-order valence-electron chi connectivity index (χ2n) is 8.99. The van der Waals surface area contributed by atoms with Crippen LogP contribution in [0.4, 0.5) is 5.00 Å². The summed E-state index contributed by atoms with van der Waals surface area (Å²) in [6, 6.07) is 1.49. The Bertz CT molecular complexity index is 1050. The van der Waals surface area contributed by atoms with Gasteiger partial charge in [0.05, 0.1) is 5.56 Å². The zero-order chi connectivity index (χ0) is 23.6. The molecule has 0 aliphatic carbocycles. The van der Waals surface area contributed by atoms with Crippen molar-refractivity contribution in [3.8, 4) is 0 Å². The fraction of sp³-hybridized carbons (Fsp3) is 0.478. The highest BCUT2D eigenvalue weighted by molar-refractivity contribution is 7.16. The third kappa shape index (κ3) is 5.09. The standard InChI is InChI=1S/C23H29N3O5S/c1-13-14(2)32-19(25-22(30)23(3,4)5)18(13)21(29)31-12-17(27)15-10-16(24-11-15)20(28)26-8-6-7-9-26/h10-11,24H,6-9,12H2,1-5H3,(H,25,30). The lowest BCUT2D eigenvalue weighted by Gasteiger charge is -2.17. The van der Waals surface area contributed by atoms with Crippen LogP contribution in [-0.4, -0.2) is 53.1 Å². The van der Waals surface area contributed by atoms with Gasteiger partial charge in [0, 0.05) is 35.1 Å². The fourth-order valence-electron chi connectivity index (χ4n) is 3.31. The first-order valence-corrected chi connectivity index (χ1v) is 11.4. The first-order valence-electron chi connectivity index (χ1n) is 10.6. The maximum absolute atomic E-state index is 12.8. The lowest BCUT2D eigenvalue weighted by Crippen LogP contribution is -2.28. The van der Waals surface area contributed by atoms with Crippen LogP contribution >= 0.6 is 11.3 Å². The number of hydrogen-bond acceptors (Lipinski definition) is 6. The minimum absolute atomic E-state index is 0.137. The second-order valence-corrected chi connectivity index (χ2v) is 10.2. The van der Waals surface area contributed by atoms with E-state index in [9.17, 15) is 19.2 Å². The van der Waals surface area contributed by atoms with Gasteiger partial charge in [-0.1, -0.05) is 20.8 Å². The van der Waals surface area contributed by atoms with Gasteiger partial charge in [0.2, 0.25) is 11.7 Å². The zero-order valence-electron chi connectivity index (χ0n) is 19.1. The number of rotatable bonds is 6. The van der Waals surface area contributed by atoms with E-state index in [-0.39, 0.29) is 22.9 Å². The van der Waals surface area contributed by atoms with Crippen LogP contribution in [0.1, 0.15) is 75.3 Å². The average molecular weight is 460 g/mol. The molecule has 0 aromatic carbocycles. The number of carbonyl (C=O) groups excluding carboxylic acids is 4. The smallest absolute Gasteiger partial charge is 0.341 e. The lowest BCUT2D eigenvalue weighted by molar-refractivity contribution is -0.123. The van der Waals surface area contributed by atoms with Gasteiger partial charge in [0.1, 0.15) is 10.7 Å². The van der Waals surface area contributed by atoms with Gasteiger partial charge in [-0.2, -0.15) is 0 Å². The third-order valence-corrected chi connectivity index (χ3v) is 6.58. The number of ether oxygens (including phenoxy) is 1.